The lowest BCUT2D eigenvalue weighted by Crippen LogP contribution is -2.25. The molecule has 1 saturated carbocycles. The summed E-state index contributed by atoms with van der Waals surface area (Å²) >= 11 is 0. The van der Waals surface area contributed by atoms with E-state index in [9.17, 15) is 14.7 Å². The molecule has 0 saturated heterocycles. The normalized spacial score (nSPS) is 20.1. The van der Waals surface area contributed by atoms with Gasteiger partial charge in [-0.2, -0.15) is 0 Å². The van der Waals surface area contributed by atoms with Crippen molar-refractivity contribution in [1.29, 1.82) is 0 Å². The number of rotatable bonds is 5. The van der Waals surface area contributed by atoms with E-state index in [0.717, 1.165) is 6.42 Å². The number of carbonyl (C=O) groups is 2. The van der Waals surface area contributed by atoms with Crippen LogP contribution in [0.1, 0.15) is 23.7 Å². The summed E-state index contributed by atoms with van der Waals surface area (Å²) in [5, 5.41) is 13.8. The Balaban J connectivity index is 2.34. The van der Waals surface area contributed by atoms with Gasteiger partial charge in [-0.15, -0.1) is 0 Å². The van der Waals surface area contributed by atoms with E-state index in [-0.39, 0.29) is 28.8 Å². The number of hydrogen-bond donors (Lipinski definition) is 1. The van der Waals surface area contributed by atoms with Crippen molar-refractivity contribution in [3.8, 4) is 11.5 Å². The highest BCUT2D eigenvalue weighted by Gasteiger charge is 2.39. The molecule has 1 N–H and O–H groups in total. The highest BCUT2D eigenvalue weighted by molar-refractivity contribution is 6.02. The maximum Gasteiger partial charge on any atom is 0.227 e. The molecule has 20 heavy (non-hydrogen) atoms. The Morgan fingerprint density at radius 3 is 2.25 bits per heavy atom. The first-order valence-electron chi connectivity index (χ1n) is 6.26. The summed E-state index contributed by atoms with van der Waals surface area (Å²) in [6, 6.07) is 2.70. The number of hydrogen-bond acceptors (Lipinski definition) is 5. The zero-order valence-electron chi connectivity index (χ0n) is 11.6. The lowest BCUT2D eigenvalue weighted by Gasteiger charge is -2.16. The van der Waals surface area contributed by atoms with Gasteiger partial charge in [-0.1, -0.05) is 6.92 Å². The van der Waals surface area contributed by atoms with Crippen molar-refractivity contribution in [2.75, 3.05) is 19.5 Å². The molecule has 1 aliphatic carbocycles. The minimum atomic E-state index is -1.38. The third-order valence-electron chi connectivity index (χ3n) is 3.45. The molecular formula is C14H16NO5-. The SMILES string of the molecule is COc1cc(NC(=O)[C@@H]2C[C@@H]2C)c(C(=O)[O-])cc1OC. The zero-order chi connectivity index (χ0) is 14.9. The summed E-state index contributed by atoms with van der Waals surface area (Å²) in [5.41, 5.74) is 0.0241. The third kappa shape index (κ3) is 2.68. The van der Waals surface area contributed by atoms with E-state index in [0.29, 0.717) is 11.7 Å². The molecule has 1 amide bonds. The summed E-state index contributed by atoms with van der Waals surface area (Å²) in [6.45, 7) is 1.97. The van der Waals surface area contributed by atoms with Crippen LogP contribution >= 0.6 is 0 Å². The van der Waals surface area contributed by atoms with Crippen LogP contribution in [-0.2, 0) is 4.79 Å². The Morgan fingerprint density at radius 1 is 1.25 bits per heavy atom. The van der Waals surface area contributed by atoms with Gasteiger partial charge < -0.3 is 24.7 Å². The highest BCUT2D eigenvalue weighted by Crippen LogP contribution is 2.39. The Hall–Kier alpha value is -2.24. The lowest BCUT2D eigenvalue weighted by atomic mass is 10.1. The Bertz CT molecular complexity index is 555. The van der Waals surface area contributed by atoms with E-state index in [1.54, 1.807) is 0 Å². The van der Waals surface area contributed by atoms with Gasteiger partial charge >= 0.3 is 0 Å². The van der Waals surface area contributed by atoms with Gasteiger partial charge in [-0.25, -0.2) is 0 Å². The molecule has 0 aliphatic heterocycles. The molecule has 108 valence electrons. The number of carbonyl (C=O) groups excluding carboxylic acids is 2. The first kappa shape index (κ1) is 14.2. The minimum Gasteiger partial charge on any atom is -0.545 e. The van der Waals surface area contributed by atoms with Crippen LogP contribution in [0.15, 0.2) is 12.1 Å². The fourth-order valence-corrected chi connectivity index (χ4v) is 2.06. The van der Waals surface area contributed by atoms with E-state index in [1.807, 2.05) is 6.92 Å². The van der Waals surface area contributed by atoms with Crippen molar-refractivity contribution in [3.63, 3.8) is 0 Å². The molecule has 0 heterocycles. The van der Waals surface area contributed by atoms with Crippen LogP contribution in [0.3, 0.4) is 0 Å². The summed E-state index contributed by atoms with van der Waals surface area (Å²) in [6.07, 6.45) is 0.819. The van der Waals surface area contributed by atoms with E-state index in [1.165, 1.54) is 26.4 Å². The van der Waals surface area contributed by atoms with Gasteiger partial charge in [0.05, 0.1) is 25.9 Å². The molecule has 2 atom stereocenters. The van der Waals surface area contributed by atoms with Crippen molar-refractivity contribution in [3.05, 3.63) is 17.7 Å². The fourth-order valence-electron chi connectivity index (χ4n) is 2.06. The Labute approximate surface area is 116 Å². The van der Waals surface area contributed by atoms with Gasteiger partial charge in [0.1, 0.15) is 0 Å². The molecule has 0 aromatic heterocycles. The second-order valence-electron chi connectivity index (χ2n) is 4.85. The molecule has 1 aromatic rings. The van der Waals surface area contributed by atoms with E-state index < -0.39 is 5.97 Å². The Kier molecular flexibility index (Phi) is 3.83. The molecular weight excluding hydrogens is 262 g/mol. The van der Waals surface area contributed by atoms with Crippen LogP contribution < -0.4 is 19.9 Å². The van der Waals surface area contributed by atoms with Crippen LogP contribution in [0.25, 0.3) is 0 Å². The molecule has 0 spiro atoms. The third-order valence-corrected chi connectivity index (χ3v) is 3.45. The topological polar surface area (TPSA) is 87.7 Å². The van der Waals surface area contributed by atoms with Crippen LogP contribution in [0, 0.1) is 11.8 Å². The largest absolute Gasteiger partial charge is 0.545 e. The van der Waals surface area contributed by atoms with Gasteiger partial charge in [0.2, 0.25) is 5.91 Å². The number of aromatic carboxylic acids is 1. The van der Waals surface area contributed by atoms with E-state index in [2.05, 4.69) is 5.32 Å². The zero-order valence-corrected chi connectivity index (χ0v) is 11.6. The molecule has 0 radical (unpaired) electrons. The van der Waals surface area contributed by atoms with Crippen molar-refractivity contribution in [1.82, 2.24) is 0 Å². The minimum absolute atomic E-state index is 0.0577. The van der Waals surface area contributed by atoms with Gasteiger partial charge in [0, 0.05) is 17.5 Å². The molecule has 2 rings (SSSR count). The van der Waals surface area contributed by atoms with Gasteiger partial charge in [-0.3, -0.25) is 4.79 Å². The number of anilines is 1. The molecule has 1 aliphatic rings. The number of amides is 1. The molecule has 1 aromatic carbocycles. The van der Waals surface area contributed by atoms with Crippen molar-refractivity contribution in [2.24, 2.45) is 11.8 Å². The van der Waals surface area contributed by atoms with Crippen LogP contribution in [-0.4, -0.2) is 26.1 Å². The molecule has 0 unspecified atom stereocenters. The monoisotopic (exact) mass is 278 g/mol. The van der Waals surface area contributed by atoms with Crippen molar-refractivity contribution >= 4 is 17.6 Å². The number of ether oxygens (including phenoxy) is 2. The summed E-state index contributed by atoms with van der Waals surface area (Å²) in [4.78, 5) is 23.1. The molecule has 6 nitrogen and oxygen atoms in total. The number of carboxylic acids is 1. The molecule has 0 bridgehead atoms. The first-order valence-corrected chi connectivity index (χ1v) is 6.26. The summed E-state index contributed by atoms with van der Waals surface area (Å²) in [5.74, 6) is -0.683. The second-order valence-corrected chi connectivity index (χ2v) is 4.85. The van der Waals surface area contributed by atoms with Crippen molar-refractivity contribution < 1.29 is 24.2 Å². The predicted molar refractivity (Wildman–Crippen MR) is 69.8 cm³/mol. The van der Waals surface area contributed by atoms with Crippen LogP contribution in [0.5, 0.6) is 11.5 Å². The van der Waals surface area contributed by atoms with Crippen molar-refractivity contribution in [2.45, 2.75) is 13.3 Å². The van der Waals surface area contributed by atoms with Crippen LogP contribution in [0.4, 0.5) is 5.69 Å². The highest BCUT2D eigenvalue weighted by atomic mass is 16.5. The Morgan fingerprint density at radius 2 is 1.80 bits per heavy atom. The predicted octanol–water partition coefficient (Wildman–Crippen LogP) is 0.662. The fraction of sp³-hybridized carbons (Fsp3) is 0.429. The standard InChI is InChI=1S/C14H17NO5/c1-7-4-8(7)13(16)15-10-6-12(20-3)11(19-2)5-9(10)14(17)18/h5-8H,4H2,1-3H3,(H,15,16)(H,17,18)/p-1/t7-,8+/m0/s1. The second kappa shape index (κ2) is 5.40. The number of methoxy groups -OCH3 is 2. The quantitative estimate of drug-likeness (QED) is 0.855. The van der Waals surface area contributed by atoms with Gasteiger partial charge in [0.25, 0.3) is 0 Å². The maximum absolute atomic E-state index is 11.9. The van der Waals surface area contributed by atoms with E-state index >= 15 is 0 Å². The average molecular weight is 278 g/mol. The number of nitrogens with one attached hydrogen (secondary N) is 1. The smallest absolute Gasteiger partial charge is 0.227 e. The first-order chi connectivity index (χ1) is 9.47. The van der Waals surface area contributed by atoms with Crippen LogP contribution in [0.2, 0.25) is 0 Å². The maximum atomic E-state index is 11.9. The van der Waals surface area contributed by atoms with Gasteiger partial charge in [-0.05, 0) is 18.4 Å². The summed E-state index contributed by atoms with van der Waals surface area (Å²) in [7, 11) is 2.84. The molecule has 6 heteroatoms. The average Bonchev–Trinajstić information content (AvgIpc) is 3.15. The number of carboxylic acid groups (broad SMARTS) is 1. The summed E-state index contributed by atoms with van der Waals surface area (Å²) < 4.78 is 10.1. The van der Waals surface area contributed by atoms with E-state index in [4.69, 9.17) is 9.47 Å². The number of benzene rings is 1. The van der Waals surface area contributed by atoms with Gasteiger partial charge in [0.15, 0.2) is 11.5 Å². The molecule has 1 fully saturated rings. The lowest BCUT2D eigenvalue weighted by molar-refractivity contribution is -0.254.